The fourth-order valence-corrected chi connectivity index (χ4v) is 5.79. The number of aliphatic carboxylic acids is 1. The predicted octanol–water partition coefficient (Wildman–Crippen LogP) is 6.50. The van der Waals surface area contributed by atoms with E-state index in [1.54, 1.807) is 18.3 Å². The number of aromatic nitrogens is 3. The van der Waals surface area contributed by atoms with Crippen molar-refractivity contribution in [2.45, 2.75) is 46.5 Å². The molecular weight excluding hydrogens is 527 g/mol. The topological polar surface area (TPSA) is 92.4 Å². The zero-order valence-corrected chi connectivity index (χ0v) is 22.5. The molecule has 0 saturated heterocycles. The van der Waals surface area contributed by atoms with Gasteiger partial charge in [-0.1, -0.05) is 24.3 Å². The molecule has 0 fully saturated rings. The van der Waals surface area contributed by atoms with Gasteiger partial charge in [-0.15, -0.1) is 21.5 Å². The summed E-state index contributed by atoms with van der Waals surface area (Å²) >= 11 is 1.60. The zero-order chi connectivity index (χ0) is 28.1. The third kappa shape index (κ3) is 4.94. The number of hydrogen-bond donors (Lipinski definition) is 2. The van der Waals surface area contributed by atoms with E-state index in [1.807, 2.05) is 49.6 Å². The second-order valence-electron chi connectivity index (χ2n) is 9.58. The summed E-state index contributed by atoms with van der Waals surface area (Å²) in [5.74, 6) is -0.650. The number of carbonyl (C=O) groups is 1. The van der Waals surface area contributed by atoms with Gasteiger partial charge in [0.1, 0.15) is 16.9 Å². The highest BCUT2D eigenvalue weighted by atomic mass is 32.1. The number of hydrogen-bond acceptors (Lipinski definition) is 6. The Balaban J connectivity index is 1.48. The molecule has 2 aromatic carbocycles. The number of nitrogens with zero attached hydrogens (tertiary/aromatic N) is 4. The van der Waals surface area contributed by atoms with Crippen LogP contribution in [0.2, 0.25) is 0 Å². The molecule has 0 bridgehead atoms. The number of carboxylic acid groups (broad SMARTS) is 1. The highest BCUT2D eigenvalue weighted by molar-refractivity contribution is 7.15. The molecule has 7 nitrogen and oxygen atoms in total. The average Bonchev–Trinajstić information content (AvgIpc) is 3.37. The number of benzene rings is 2. The summed E-state index contributed by atoms with van der Waals surface area (Å²) in [6, 6.07) is 11.9. The van der Waals surface area contributed by atoms with Crippen molar-refractivity contribution in [3.63, 3.8) is 0 Å². The van der Waals surface area contributed by atoms with Crippen LogP contribution in [0.3, 0.4) is 0 Å². The lowest BCUT2D eigenvalue weighted by molar-refractivity contribution is -0.142. The van der Waals surface area contributed by atoms with Crippen molar-refractivity contribution in [2.75, 3.05) is 5.32 Å². The number of aliphatic imine (C=N–C) groups is 1. The zero-order valence-electron chi connectivity index (χ0n) is 21.7. The van der Waals surface area contributed by atoms with Crippen LogP contribution in [0.25, 0.3) is 5.00 Å². The summed E-state index contributed by atoms with van der Waals surface area (Å²) in [7, 11) is 0. The summed E-state index contributed by atoms with van der Waals surface area (Å²) in [6.07, 6.45) is -4.36. The molecule has 4 aromatic rings. The van der Waals surface area contributed by atoms with Gasteiger partial charge in [-0.3, -0.25) is 14.4 Å². The maximum absolute atomic E-state index is 12.8. The largest absolute Gasteiger partial charge is 0.481 e. The van der Waals surface area contributed by atoms with Gasteiger partial charge in [0, 0.05) is 28.2 Å². The van der Waals surface area contributed by atoms with E-state index in [2.05, 4.69) is 15.5 Å². The fourth-order valence-electron chi connectivity index (χ4n) is 4.58. The van der Waals surface area contributed by atoms with E-state index in [9.17, 15) is 23.1 Å². The van der Waals surface area contributed by atoms with Gasteiger partial charge in [-0.25, -0.2) is 0 Å². The molecule has 1 aliphatic rings. The van der Waals surface area contributed by atoms with Gasteiger partial charge in [0.05, 0.1) is 17.2 Å². The van der Waals surface area contributed by atoms with Crippen LogP contribution < -0.4 is 5.32 Å². The smallest absolute Gasteiger partial charge is 0.416 e. The Morgan fingerprint density at radius 3 is 2.36 bits per heavy atom. The Hall–Kier alpha value is -3.99. The first-order valence-electron chi connectivity index (χ1n) is 12.3. The average molecular weight is 554 g/mol. The van der Waals surface area contributed by atoms with Crippen LogP contribution in [0, 0.1) is 26.7 Å². The second kappa shape index (κ2) is 9.96. The second-order valence-corrected chi connectivity index (χ2v) is 10.8. The summed E-state index contributed by atoms with van der Waals surface area (Å²) in [6.45, 7) is 7.89. The van der Waals surface area contributed by atoms with Gasteiger partial charge in [-0.05, 0) is 63.1 Å². The molecule has 2 atom stereocenters. The standard InChI is InChI=1S/C28H26F3N5O2S/c1-14-16(3)39-26-22(14)24(33-23(15(2)27(37)38)25-35-34-17(4)36(25)26)19-7-11-21(12-8-19)32-13-18-5-9-20(10-6-18)28(29,30)31/h5-12,15,23,32H,13H2,1-4H3,(H,37,38)/t15?,23-/m0/s1. The first-order valence-corrected chi connectivity index (χ1v) is 13.1. The van der Waals surface area contributed by atoms with E-state index in [4.69, 9.17) is 4.99 Å². The van der Waals surface area contributed by atoms with Crippen molar-refractivity contribution in [3.8, 4) is 5.00 Å². The number of carboxylic acids is 1. The fraction of sp³-hybridized carbons (Fsp3) is 0.286. The molecule has 3 heterocycles. The lowest BCUT2D eigenvalue weighted by Gasteiger charge is -2.16. The molecule has 39 heavy (non-hydrogen) atoms. The van der Waals surface area contributed by atoms with Crippen molar-refractivity contribution in [1.29, 1.82) is 0 Å². The SMILES string of the molecule is Cc1sc2c(c1C)C(c1ccc(NCc3ccc(C(F)(F)F)cc3)cc1)=N[C@@H](C(C)C(=O)O)c1nnc(C)n1-2. The monoisotopic (exact) mass is 553 g/mol. The highest BCUT2D eigenvalue weighted by Crippen LogP contribution is 2.40. The Kier molecular flexibility index (Phi) is 6.79. The number of halogens is 3. The number of anilines is 1. The van der Waals surface area contributed by atoms with Gasteiger partial charge < -0.3 is 10.4 Å². The van der Waals surface area contributed by atoms with Crippen molar-refractivity contribution in [3.05, 3.63) is 92.9 Å². The number of thiophene rings is 1. The molecule has 1 aliphatic heterocycles. The lowest BCUT2D eigenvalue weighted by Crippen LogP contribution is -2.21. The summed E-state index contributed by atoms with van der Waals surface area (Å²) in [5.41, 5.74) is 4.31. The third-order valence-electron chi connectivity index (χ3n) is 6.99. The van der Waals surface area contributed by atoms with Crippen molar-refractivity contribution in [1.82, 2.24) is 14.8 Å². The van der Waals surface area contributed by atoms with E-state index < -0.39 is 29.7 Å². The molecule has 2 N–H and O–H groups in total. The summed E-state index contributed by atoms with van der Waals surface area (Å²) in [5, 5.41) is 22.5. The van der Waals surface area contributed by atoms with Gasteiger partial charge in [0.25, 0.3) is 0 Å². The number of rotatable bonds is 6. The Morgan fingerprint density at radius 2 is 1.74 bits per heavy atom. The molecule has 0 spiro atoms. The van der Waals surface area contributed by atoms with E-state index in [0.29, 0.717) is 23.9 Å². The summed E-state index contributed by atoms with van der Waals surface area (Å²) < 4.78 is 40.4. The van der Waals surface area contributed by atoms with E-state index in [-0.39, 0.29) is 0 Å². The van der Waals surface area contributed by atoms with Crippen molar-refractivity contribution >= 4 is 28.7 Å². The van der Waals surface area contributed by atoms with E-state index in [0.717, 1.165) is 50.0 Å². The number of nitrogens with one attached hydrogen (secondary N) is 1. The molecule has 11 heteroatoms. The van der Waals surface area contributed by atoms with Crippen LogP contribution in [-0.2, 0) is 17.5 Å². The van der Waals surface area contributed by atoms with Crippen LogP contribution >= 0.6 is 11.3 Å². The van der Waals surface area contributed by atoms with Crippen molar-refractivity contribution < 1.29 is 23.1 Å². The van der Waals surface area contributed by atoms with E-state index in [1.165, 1.54) is 12.1 Å². The normalized spacial score (nSPS) is 15.7. The van der Waals surface area contributed by atoms with Crippen LogP contribution in [0.1, 0.15) is 57.3 Å². The Bertz CT molecular complexity index is 1570. The Labute approximate surface area is 227 Å². The molecule has 0 saturated carbocycles. The summed E-state index contributed by atoms with van der Waals surface area (Å²) in [4.78, 5) is 18.1. The van der Waals surface area contributed by atoms with Crippen LogP contribution in [0.4, 0.5) is 18.9 Å². The molecule has 202 valence electrons. The maximum atomic E-state index is 12.8. The number of alkyl halides is 3. The maximum Gasteiger partial charge on any atom is 0.416 e. The molecule has 0 amide bonds. The molecule has 2 aromatic heterocycles. The lowest BCUT2D eigenvalue weighted by atomic mass is 9.98. The molecular formula is C28H26F3N5O2S. The van der Waals surface area contributed by atoms with Crippen LogP contribution in [0.5, 0.6) is 0 Å². The van der Waals surface area contributed by atoms with Gasteiger partial charge in [0.15, 0.2) is 5.82 Å². The highest BCUT2D eigenvalue weighted by Gasteiger charge is 2.36. The molecule has 0 radical (unpaired) electrons. The number of aryl methyl sites for hydroxylation is 2. The Morgan fingerprint density at radius 1 is 1.08 bits per heavy atom. The van der Waals surface area contributed by atoms with Gasteiger partial charge in [-0.2, -0.15) is 13.2 Å². The third-order valence-corrected chi connectivity index (χ3v) is 8.18. The van der Waals surface area contributed by atoms with Crippen LogP contribution in [-0.4, -0.2) is 31.6 Å². The quantitative estimate of drug-likeness (QED) is 0.285. The van der Waals surface area contributed by atoms with E-state index >= 15 is 0 Å². The van der Waals surface area contributed by atoms with Gasteiger partial charge in [0.2, 0.25) is 0 Å². The molecule has 1 unspecified atom stereocenters. The molecule has 0 aliphatic carbocycles. The number of fused-ring (bicyclic) bond motifs is 3. The van der Waals surface area contributed by atoms with Crippen molar-refractivity contribution in [2.24, 2.45) is 10.9 Å². The first kappa shape index (κ1) is 26.6. The van der Waals surface area contributed by atoms with Crippen LogP contribution in [0.15, 0.2) is 53.5 Å². The predicted molar refractivity (Wildman–Crippen MR) is 144 cm³/mol. The first-order chi connectivity index (χ1) is 18.5. The minimum atomic E-state index is -4.36. The van der Waals surface area contributed by atoms with Gasteiger partial charge >= 0.3 is 12.1 Å². The minimum absolute atomic E-state index is 0.358. The minimum Gasteiger partial charge on any atom is -0.481 e. The molecule has 5 rings (SSSR count).